The highest BCUT2D eigenvalue weighted by atomic mass is 35.5. The topological polar surface area (TPSA) is 51.8 Å². The maximum Gasteiger partial charge on any atom is 0.363 e. The van der Waals surface area contributed by atoms with E-state index in [0.717, 1.165) is 0 Å². The van der Waals surface area contributed by atoms with E-state index >= 15 is 0 Å². The normalized spacial score (nSPS) is 15.1. The van der Waals surface area contributed by atoms with E-state index in [9.17, 15) is 4.79 Å². The quantitative estimate of drug-likeness (QED) is 0.373. The van der Waals surface area contributed by atoms with Gasteiger partial charge in [-0.15, -0.1) is 0 Å². The summed E-state index contributed by atoms with van der Waals surface area (Å²) in [7, 11) is 0. The van der Waals surface area contributed by atoms with Gasteiger partial charge in [-0.25, -0.2) is 9.79 Å². The molecule has 0 aliphatic carbocycles. The van der Waals surface area contributed by atoms with E-state index in [0.29, 0.717) is 37.7 Å². The van der Waals surface area contributed by atoms with Crippen LogP contribution in [0, 0.1) is 0 Å². The minimum Gasteiger partial charge on any atom is -0.457 e. The molecule has 0 saturated heterocycles. The third-order valence-electron chi connectivity index (χ3n) is 3.81. The first-order chi connectivity index (χ1) is 13.0. The molecular formula is C20H10Cl3NO3. The summed E-state index contributed by atoms with van der Waals surface area (Å²) in [4.78, 5) is 16.3. The fraction of sp³-hybridized carbons (Fsp3) is 0. The van der Waals surface area contributed by atoms with Gasteiger partial charge >= 0.3 is 5.97 Å². The molecule has 4 nitrogen and oxygen atoms in total. The summed E-state index contributed by atoms with van der Waals surface area (Å²) in [6.07, 6.45) is 1.51. The van der Waals surface area contributed by atoms with Gasteiger partial charge in [0.05, 0.1) is 5.02 Å². The third kappa shape index (κ3) is 3.78. The lowest BCUT2D eigenvalue weighted by Crippen LogP contribution is -2.05. The number of furan rings is 1. The van der Waals surface area contributed by atoms with Crippen LogP contribution in [0.2, 0.25) is 15.1 Å². The first-order valence-corrected chi connectivity index (χ1v) is 8.97. The van der Waals surface area contributed by atoms with E-state index in [1.807, 2.05) is 0 Å². The minimum atomic E-state index is -0.553. The Labute approximate surface area is 169 Å². The highest BCUT2D eigenvalue weighted by molar-refractivity contribution is 6.36. The molecule has 27 heavy (non-hydrogen) atoms. The lowest BCUT2D eigenvalue weighted by atomic mass is 10.2. The Bertz CT molecular complexity index is 1100. The van der Waals surface area contributed by atoms with Crippen LogP contribution in [0.15, 0.2) is 69.7 Å². The number of carbonyl (C=O) groups is 1. The Morgan fingerprint density at radius 3 is 2.37 bits per heavy atom. The number of rotatable bonds is 3. The van der Waals surface area contributed by atoms with E-state index in [4.69, 9.17) is 44.0 Å². The van der Waals surface area contributed by atoms with Crippen molar-refractivity contribution in [2.24, 2.45) is 4.99 Å². The van der Waals surface area contributed by atoms with Crippen LogP contribution in [0.1, 0.15) is 11.3 Å². The third-order valence-corrected chi connectivity index (χ3v) is 4.61. The fourth-order valence-electron chi connectivity index (χ4n) is 2.52. The standard InChI is InChI=1S/C20H10Cl3NO3/c21-12-3-1-11(2-4-12)19-24-17(20(25)27-19)10-14-6-8-18(26-14)15-7-5-13(22)9-16(15)23/h1-10H/b17-10-. The molecule has 3 aromatic rings. The molecule has 4 rings (SSSR count). The van der Waals surface area contributed by atoms with Crippen LogP contribution in [0.3, 0.4) is 0 Å². The summed E-state index contributed by atoms with van der Waals surface area (Å²) < 4.78 is 11.0. The van der Waals surface area contributed by atoms with E-state index in [1.165, 1.54) is 6.08 Å². The van der Waals surface area contributed by atoms with Crippen molar-refractivity contribution in [2.75, 3.05) is 0 Å². The van der Waals surface area contributed by atoms with Crippen LogP contribution in [0.25, 0.3) is 17.4 Å². The molecule has 0 radical (unpaired) electrons. The number of esters is 1. The minimum absolute atomic E-state index is 0.142. The fourth-order valence-corrected chi connectivity index (χ4v) is 3.15. The Hall–Kier alpha value is -2.53. The first kappa shape index (κ1) is 17.9. The molecule has 0 atom stereocenters. The first-order valence-electron chi connectivity index (χ1n) is 7.83. The van der Waals surface area contributed by atoms with Gasteiger partial charge in [-0.3, -0.25) is 0 Å². The molecule has 0 fully saturated rings. The maximum atomic E-state index is 12.1. The summed E-state index contributed by atoms with van der Waals surface area (Å²) in [5, 5.41) is 1.60. The van der Waals surface area contributed by atoms with Crippen molar-refractivity contribution >= 4 is 52.7 Å². The monoisotopic (exact) mass is 417 g/mol. The summed E-state index contributed by atoms with van der Waals surface area (Å²) in [6.45, 7) is 0. The predicted molar refractivity (Wildman–Crippen MR) is 106 cm³/mol. The maximum absolute atomic E-state index is 12.1. The number of nitrogens with zero attached hydrogens (tertiary/aromatic N) is 1. The van der Waals surface area contributed by atoms with E-state index in [2.05, 4.69) is 4.99 Å². The Morgan fingerprint density at radius 2 is 1.63 bits per heavy atom. The number of hydrogen-bond donors (Lipinski definition) is 0. The Kier molecular flexibility index (Phi) is 4.79. The number of hydrogen-bond acceptors (Lipinski definition) is 4. The van der Waals surface area contributed by atoms with Crippen molar-refractivity contribution in [3.05, 3.63) is 86.7 Å². The van der Waals surface area contributed by atoms with Crippen molar-refractivity contribution in [1.29, 1.82) is 0 Å². The lowest BCUT2D eigenvalue weighted by Gasteiger charge is -2.00. The van der Waals surface area contributed by atoms with Gasteiger partial charge in [0.15, 0.2) is 5.70 Å². The van der Waals surface area contributed by atoms with Crippen molar-refractivity contribution in [2.45, 2.75) is 0 Å². The van der Waals surface area contributed by atoms with Gasteiger partial charge in [0, 0.05) is 27.2 Å². The van der Waals surface area contributed by atoms with Crippen LogP contribution in [-0.4, -0.2) is 11.9 Å². The molecule has 0 amide bonds. The number of carbonyl (C=O) groups excluding carboxylic acids is 1. The van der Waals surface area contributed by atoms with Gasteiger partial charge in [0.2, 0.25) is 5.90 Å². The molecule has 0 N–H and O–H groups in total. The second kappa shape index (κ2) is 7.24. The van der Waals surface area contributed by atoms with Gasteiger partial charge in [0.25, 0.3) is 0 Å². The van der Waals surface area contributed by atoms with Crippen molar-refractivity contribution < 1.29 is 13.9 Å². The van der Waals surface area contributed by atoms with Crippen LogP contribution in [-0.2, 0) is 9.53 Å². The Balaban J connectivity index is 1.63. The largest absolute Gasteiger partial charge is 0.457 e. The average molecular weight is 419 g/mol. The number of cyclic esters (lactones) is 1. The number of halogens is 3. The van der Waals surface area contributed by atoms with E-state index < -0.39 is 5.97 Å². The zero-order valence-corrected chi connectivity index (χ0v) is 15.8. The smallest absolute Gasteiger partial charge is 0.363 e. The van der Waals surface area contributed by atoms with Gasteiger partial charge in [0.1, 0.15) is 11.5 Å². The average Bonchev–Trinajstić information content (AvgIpc) is 3.23. The zero-order chi connectivity index (χ0) is 19.0. The lowest BCUT2D eigenvalue weighted by molar-refractivity contribution is -0.129. The molecule has 0 spiro atoms. The summed E-state index contributed by atoms with van der Waals surface area (Å²) in [6, 6.07) is 15.4. The van der Waals surface area contributed by atoms with Gasteiger partial charge in [-0.05, 0) is 54.6 Å². The van der Waals surface area contributed by atoms with Crippen LogP contribution >= 0.6 is 34.8 Å². The number of benzene rings is 2. The molecule has 0 unspecified atom stereocenters. The summed E-state index contributed by atoms with van der Waals surface area (Å²) >= 11 is 18.0. The molecule has 1 aliphatic heterocycles. The SMILES string of the molecule is O=C1OC(c2ccc(Cl)cc2)=N/C1=C\c1ccc(-c2ccc(Cl)cc2Cl)o1. The zero-order valence-electron chi connectivity index (χ0n) is 13.6. The molecule has 134 valence electrons. The van der Waals surface area contributed by atoms with Gasteiger partial charge in [-0.1, -0.05) is 34.8 Å². The van der Waals surface area contributed by atoms with Crippen LogP contribution in [0.5, 0.6) is 0 Å². The Morgan fingerprint density at radius 1 is 0.889 bits per heavy atom. The molecule has 7 heteroatoms. The van der Waals surface area contributed by atoms with Crippen molar-refractivity contribution in [3.63, 3.8) is 0 Å². The molecule has 0 saturated carbocycles. The predicted octanol–water partition coefficient (Wildman–Crippen LogP) is 6.25. The summed E-state index contributed by atoms with van der Waals surface area (Å²) in [5.74, 6) is 0.665. The number of aliphatic imine (C=N–C) groups is 1. The van der Waals surface area contributed by atoms with Crippen LogP contribution in [0.4, 0.5) is 0 Å². The van der Waals surface area contributed by atoms with Crippen molar-refractivity contribution in [3.8, 4) is 11.3 Å². The van der Waals surface area contributed by atoms with Crippen LogP contribution < -0.4 is 0 Å². The number of ether oxygens (including phenoxy) is 1. The molecule has 0 bridgehead atoms. The molecule has 1 aliphatic rings. The summed E-state index contributed by atoms with van der Waals surface area (Å²) in [5.41, 5.74) is 1.50. The van der Waals surface area contributed by atoms with Crippen molar-refractivity contribution in [1.82, 2.24) is 0 Å². The van der Waals surface area contributed by atoms with E-state index in [1.54, 1.807) is 54.6 Å². The second-order valence-electron chi connectivity index (χ2n) is 5.67. The van der Waals surface area contributed by atoms with Gasteiger partial charge < -0.3 is 9.15 Å². The van der Waals surface area contributed by atoms with Gasteiger partial charge in [-0.2, -0.15) is 0 Å². The molecule has 2 aromatic carbocycles. The molecule has 1 aromatic heterocycles. The van der Waals surface area contributed by atoms with E-state index in [-0.39, 0.29) is 11.6 Å². The highest BCUT2D eigenvalue weighted by Gasteiger charge is 2.24. The molecular weight excluding hydrogens is 409 g/mol. The molecule has 2 heterocycles. The second-order valence-corrected chi connectivity index (χ2v) is 6.95. The highest BCUT2D eigenvalue weighted by Crippen LogP contribution is 2.32.